The maximum Gasteiger partial charge on any atom is 0.321 e. The van der Waals surface area contributed by atoms with Gasteiger partial charge in [-0.2, -0.15) is 0 Å². The lowest BCUT2D eigenvalue weighted by Gasteiger charge is -2.20. The van der Waals surface area contributed by atoms with Crippen molar-refractivity contribution in [1.82, 2.24) is 14.7 Å². The molecule has 6 nitrogen and oxygen atoms in total. The second-order valence-corrected chi connectivity index (χ2v) is 6.98. The van der Waals surface area contributed by atoms with Crippen LogP contribution in [0.3, 0.4) is 0 Å². The van der Waals surface area contributed by atoms with Crippen LogP contribution in [0.5, 0.6) is 0 Å². The van der Waals surface area contributed by atoms with Gasteiger partial charge in [0.2, 0.25) is 0 Å². The molecule has 1 aromatic rings. The van der Waals surface area contributed by atoms with Crippen molar-refractivity contribution >= 4 is 17.6 Å². The van der Waals surface area contributed by atoms with E-state index in [-0.39, 0.29) is 11.9 Å². The number of rotatable bonds is 3. The molecule has 0 unspecified atom stereocenters. The number of nitrogens with one attached hydrogen (secondary N) is 1. The van der Waals surface area contributed by atoms with E-state index in [1.807, 2.05) is 17.9 Å². The molecule has 1 aromatic carbocycles. The second-order valence-electron chi connectivity index (χ2n) is 6.98. The summed E-state index contributed by atoms with van der Waals surface area (Å²) in [7, 11) is 3.91. The number of urea groups is 1. The van der Waals surface area contributed by atoms with Gasteiger partial charge in [0.15, 0.2) is 0 Å². The normalized spacial score (nSPS) is 23.2. The minimum Gasteiger partial charge on any atom is -0.342 e. The number of carbonyl (C=O) groups is 2. The molecule has 3 amide bonds. The van der Waals surface area contributed by atoms with Crippen LogP contribution in [0.1, 0.15) is 17.3 Å². The predicted octanol–water partition coefficient (Wildman–Crippen LogP) is 1.80. The van der Waals surface area contributed by atoms with Crippen molar-refractivity contribution in [2.24, 2.45) is 11.8 Å². The number of anilines is 1. The molecule has 2 heterocycles. The van der Waals surface area contributed by atoms with Gasteiger partial charge >= 0.3 is 6.03 Å². The first-order valence-electron chi connectivity index (χ1n) is 8.58. The molecule has 24 heavy (non-hydrogen) atoms. The molecule has 0 saturated carbocycles. The van der Waals surface area contributed by atoms with E-state index in [1.165, 1.54) is 0 Å². The topological polar surface area (TPSA) is 55.9 Å². The molecule has 0 aromatic heterocycles. The summed E-state index contributed by atoms with van der Waals surface area (Å²) in [5, 5.41) is 2.94. The second kappa shape index (κ2) is 6.81. The largest absolute Gasteiger partial charge is 0.342 e. The fourth-order valence-electron chi connectivity index (χ4n) is 3.69. The molecule has 1 N–H and O–H groups in total. The smallest absolute Gasteiger partial charge is 0.321 e. The predicted molar refractivity (Wildman–Crippen MR) is 94.1 cm³/mol. The molecular weight excluding hydrogens is 304 g/mol. The summed E-state index contributed by atoms with van der Waals surface area (Å²) in [5.74, 6) is 1.14. The first-order chi connectivity index (χ1) is 11.5. The van der Waals surface area contributed by atoms with Gasteiger partial charge in [-0.15, -0.1) is 0 Å². The third-order valence-electron chi connectivity index (χ3n) is 5.14. The van der Waals surface area contributed by atoms with Crippen LogP contribution in [0, 0.1) is 11.8 Å². The number of likely N-dealkylation sites (tertiary alicyclic amines) is 2. The Morgan fingerprint density at radius 2 is 1.88 bits per heavy atom. The van der Waals surface area contributed by atoms with Crippen molar-refractivity contribution in [2.45, 2.75) is 6.92 Å². The quantitative estimate of drug-likeness (QED) is 0.919. The molecule has 130 valence electrons. The Hall–Kier alpha value is -2.08. The van der Waals surface area contributed by atoms with Crippen molar-refractivity contribution in [1.29, 1.82) is 0 Å². The average Bonchev–Trinajstić information content (AvgIpc) is 3.11. The molecule has 0 aliphatic carbocycles. The molecule has 3 rings (SSSR count). The summed E-state index contributed by atoms with van der Waals surface area (Å²) < 4.78 is 0. The van der Waals surface area contributed by atoms with Crippen molar-refractivity contribution in [3.8, 4) is 0 Å². The molecule has 0 spiro atoms. The number of fused-ring (bicyclic) bond motifs is 1. The van der Waals surface area contributed by atoms with Crippen LogP contribution >= 0.6 is 0 Å². The molecule has 2 saturated heterocycles. The number of nitrogens with zero attached hydrogens (tertiary/aromatic N) is 3. The van der Waals surface area contributed by atoms with Crippen LogP contribution < -0.4 is 5.32 Å². The number of hydrogen-bond acceptors (Lipinski definition) is 3. The lowest BCUT2D eigenvalue weighted by molar-refractivity contribution is 0.0802. The van der Waals surface area contributed by atoms with E-state index in [0.29, 0.717) is 29.6 Å². The van der Waals surface area contributed by atoms with Gasteiger partial charge in [0.1, 0.15) is 0 Å². The van der Waals surface area contributed by atoms with E-state index in [1.54, 1.807) is 30.1 Å². The SMILES string of the molecule is CCN(C)C(=O)c1cccc(NC(=O)N2C[C@H]3CN(C)C[C@H]3C2)c1. The standard InChI is InChI=1S/C18H26N4O2/c1-4-21(3)17(23)13-6-5-7-16(8-13)19-18(24)22-11-14-9-20(2)10-15(14)12-22/h5-8,14-15H,4,9-12H2,1-3H3,(H,19,24)/t14-,15+. The highest BCUT2D eigenvalue weighted by Crippen LogP contribution is 2.30. The maximum atomic E-state index is 12.5. The Morgan fingerprint density at radius 1 is 1.21 bits per heavy atom. The maximum absolute atomic E-state index is 12.5. The first kappa shape index (κ1) is 16.8. The van der Waals surface area contributed by atoms with Gasteiger partial charge in [-0.1, -0.05) is 6.07 Å². The van der Waals surface area contributed by atoms with Gasteiger partial charge < -0.3 is 20.0 Å². The highest BCUT2D eigenvalue weighted by atomic mass is 16.2. The molecule has 2 aliphatic heterocycles. The minimum atomic E-state index is -0.0690. The van der Waals surface area contributed by atoms with Crippen LogP contribution in [-0.4, -0.2) is 73.5 Å². The number of amides is 3. The molecule has 2 aliphatic rings. The number of benzene rings is 1. The Kier molecular flexibility index (Phi) is 4.76. The molecular formula is C18H26N4O2. The molecule has 0 bridgehead atoms. The highest BCUT2D eigenvalue weighted by molar-refractivity contribution is 5.96. The minimum absolute atomic E-state index is 0.0349. The average molecular weight is 330 g/mol. The third-order valence-corrected chi connectivity index (χ3v) is 5.14. The summed E-state index contributed by atoms with van der Waals surface area (Å²) in [4.78, 5) is 30.6. The third kappa shape index (κ3) is 3.38. The van der Waals surface area contributed by atoms with Crippen LogP contribution in [0.15, 0.2) is 24.3 Å². The lowest BCUT2D eigenvalue weighted by Crippen LogP contribution is -2.35. The molecule has 0 radical (unpaired) electrons. The summed E-state index contributed by atoms with van der Waals surface area (Å²) in [6.07, 6.45) is 0. The summed E-state index contributed by atoms with van der Waals surface area (Å²) in [6.45, 7) is 6.37. The van der Waals surface area contributed by atoms with E-state index in [0.717, 1.165) is 26.2 Å². The number of carbonyl (C=O) groups excluding carboxylic acids is 2. The Bertz CT molecular complexity index is 619. The molecule has 2 atom stereocenters. The van der Waals surface area contributed by atoms with Gasteiger partial charge in [-0.3, -0.25) is 4.79 Å². The Balaban J connectivity index is 1.62. The number of hydrogen-bond donors (Lipinski definition) is 1. The fourth-order valence-corrected chi connectivity index (χ4v) is 3.69. The van der Waals surface area contributed by atoms with Gasteiger partial charge in [0.05, 0.1) is 0 Å². The summed E-state index contributed by atoms with van der Waals surface area (Å²) in [6, 6.07) is 7.09. The fraction of sp³-hybridized carbons (Fsp3) is 0.556. The Labute approximate surface area is 143 Å². The van der Waals surface area contributed by atoms with E-state index in [9.17, 15) is 9.59 Å². The van der Waals surface area contributed by atoms with Crippen LogP contribution in [-0.2, 0) is 0 Å². The van der Waals surface area contributed by atoms with Crippen LogP contribution in [0.2, 0.25) is 0 Å². The van der Waals surface area contributed by atoms with E-state index in [4.69, 9.17) is 0 Å². The lowest BCUT2D eigenvalue weighted by atomic mass is 10.0. The zero-order chi connectivity index (χ0) is 17.3. The highest BCUT2D eigenvalue weighted by Gasteiger charge is 2.40. The van der Waals surface area contributed by atoms with Crippen LogP contribution in [0.4, 0.5) is 10.5 Å². The summed E-state index contributed by atoms with van der Waals surface area (Å²) >= 11 is 0. The van der Waals surface area contributed by atoms with Crippen molar-refractivity contribution in [3.05, 3.63) is 29.8 Å². The monoisotopic (exact) mass is 330 g/mol. The van der Waals surface area contributed by atoms with E-state index < -0.39 is 0 Å². The van der Waals surface area contributed by atoms with Gasteiger partial charge in [-0.05, 0) is 44.0 Å². The van der Waals surface area contributed by atoms with Crippen molar-refractivity contribution in [2.75, 3.05) is 52.1 Å². The van der Waals surface area contributed by atoms with Gasteiger partial charge in [0.25, 0.3) is 5.91 Å². The van der Waals surface area contributed by atoms with Crippen molar-refractivity contribution in [3.63, 3.8) is 0 Å². The van der Waals surface area contributed by atoms with Crippen molar-refractivity contribution < 1.29 is 9.59 Å². The first-order valence-corrected chi connectivity index (χ1v) is 8.58. The van der Waals surface area contributed by atoms with E-state index >= 15 is 0 Å². The zero-order valence-electron chi connectivity index (χ0n) is 14.7. The van der Waals surface area contributed by atoms with Gasteiger partial charge in [-0.25, -0.2) is 4.79 Å². The zero-order valence-corrected chi connectivity index (χ0v) is 14.7. The molecule has 6 heteroatoms. The summed E-state index contributed by atoms with van der Waals surface area (Å²) in [5.41, 5.74) is 1.27. The molecule has 2 fully saturated rings. The Morgan fingerprint density at radius 3 is 2.50 bits per heavy atom. The van der Waals surface area contributed by atoms with Gasteiger partial charge in [0, 0.05) is 51.0 Å². The van der Waals surface area contributed by atoms with Crippen LogP contribution in [0.25, 0.3) is 0 Å². The van der Waals surface area contributed by atoms with E-state index in [2.05, 4.69) is 17.3 Å².